The molecule has 0 radical (unpaired) electrons. The van der Waals surface area contributed by atoms with Crippen LogP contribution in [0, 0.1) is 17.8 Å². The van der Waals surface area contributed by atoms with Crippen molar-refractivity contribution in [1.29, 1.82) is 0 Å². The molecule has 1 aromatic carbocycles. The lowest BCUT2D eigenvalue weighted by Gasteiger charge is -2.24. The molecule has 0 aromatic heterocycles. The van der Waals surface area contributed by atoms with E-state index in [4.69, 9.17) is 4.74 Å². The molecular formula is C27H34O4. The van der Waals surface area contributed by atoms with Crippen LogP contribution >= 0.6 is 0 Å². The Morgan fingerprint density at radius 2 is 1.74 bits per heavy atom. The van der Waals surface area contributed by atoms with Gasteiger partial charge in [-0.05, 0) is 61.6 Å². The summed E-state index contributed by atoms with van der Waals surface area (Å²) in [4.78, 5) is 38.6. The molecule has 0 fully saturated rings. The van der Waals surface area contributed by atoms with E-state index in [9.17, 15) is 14.4 Å². The molecule has 2 rings (SSSR count). The van der Waals surface area contributed by atoms with E-state index in [-0.39, 0.29) is 35.6 Å². The molecule has 0 N–H and O–H groups in total. The van der Waals surface area contributed by atoms with Crippen LogP contribution in [-0.2, 0) is 14.3 Å². The maximum absolute atomic E-state index is 13.3. The third-order valence-corrected chi connectivity index (χ3v) is 5.79. The lowest BCUT2D eigenvalue weighted by Crippen LogP contribution is -2.25. The van der Waals surface area contributed by atoms with Gasteiger partial charge in [0.15, 0.2) is 5.76 Å². The summed E-state index contributed by atoms with van der Waals surface area (Å²) < 4.78 is 5.66. The van der Waals surface area contributed by atoms with E-state index >= 15 is 0 Å². The first kappa shape index (κ1) is 24.5. The second kappa shape index (κ2) is 12.2. The van der Waals surface area contributed by atoms with Crippen molar-refractivity contribution in [2.24, 2.45) is 17.8 Å². The minimum Gasteiger partial charge on any atom is -0.419 e. The van der Waals surface area contributed by atoms with Crippen LogP contribution < -0.4 is 0 Å². The lowest BCUT2D eigenvalue weighted by atomic mass is 9.78. The first-order valence-electron chi connectivity index (χ1n) is 11.2. The van der Waals surface area contributed by atoms with Crippen LogP contribution in [0.2, 0.25) is 0 Å². The molecule has 31 heavy (non-hydrogen) atoms. The molecule has 0 spiro atoms. The first-order valence-corrected chi connectivity index (χ1v) is 11.2. The number of benzene rings is 1. The van der Waals surface area contributed by atoms with Crippen LogP contribution in [0.3, 0.4) is 0 Å². The zero-order valence-electron chi connectivity index (χ0n) is 18.8. The van der Waals surface area contributed by atoms with Crippen LogP contribution in [0.4, 0.5) is 0 Å². The zero-order valence-corrected chi connectivity index (χ0v) is 18.8. The highest BCUT2D eigenvalue weighted by molar-refractivity contribution is 6.04. The summed E-state index contributed by atoms with van der Waals surface area (Å²) in [6.45, 7) is 11.6. The van der Waals surface area contributed by atoms with Gasteiger partial charge in [0.25, 0.3) is 0 Å². The number of hydrogen-bond donors (Lipinski definition) is 0. The summed E-state index contributed by atoms with van der Waals surface area (Å²) in [7, 11) is 0. The van der Waals surface area contributed by atoms with E-state index < -0.39 is 11.9 Å². The van der Waals surface area contributed by atoms with E-state index in [1.165, 1.54) is 0 Å². The predicted molar refractivity (Wildman–Crippen MR) is 123 cm³/mol. The fourth-order valence-corrected chi connectivity index (χ4v) is 4.31. The molecule has 1 aromatic rings. The number of ketones is 2. The summed E-state index contributed by atoms with van der Waals surface area (Å²) >= 11 is 0. The van der Waals surface area contributed by atoms with E-state index in [0.717, 1.165) is 24.8 Å². The standard InChI is InChI=1S/C27H34O4/c1-5-7-9-13-16-21(28)18-23-24(19(3)4)22(17-8-6-2)26(25(23)29)31-27(30)20-14-11-10-12-15-20/h5-6,10-12,14-15,19,23-24H,1-2,7-9,13,16-18H2,3-4H3/t23-,24+/m1/s1. The predicted octanol–water partition coefficient (Wildman–Crippen LogP) is 6.24. The second-order valence-corrected chi connectivity index (χ2v) is 8.46. The van der Waals surface area contributed by atoms with Crippen molar-refractivity contribution in [2.45, 2.75) is 58.8 Å². The Morgan fingerprint density at radius 3 is 2.35 bits per heavy atom. The molecule has 0 aliphatic heterocycles. The Morgan fingerprint density at radius 1 is 1.06 bits per heavy atom. The summed E-state index contributed by atoms with van der Waals surface area (Å²) in [6.07, 6.45) is 8.18. The van der Waals surface area contributed by atoms with E-state index in [0.29, 0.717) is 24.8 Å². The normalized spacial score (nSPS) is 18.4. The molecule has 166 valence electrons. The maximum Gasteiger partial charge on any atom is 0.343 e. The molecule has 2 atom stereocenters. The van der Waals surface area contributed by atoms with Gasteiger partial charge in [0.1, 0.15) is 5.78 Å². The van der Waals surface area contributed by atoms with Gasteiger partial charge < -0.3 is 4.74 Å². The minimum atomic E-state index is -0.543. The van der Waals surface area contributed by atoms with Crippen LogP contribution in [0.15, 0.2) is 67.0 Å². The van der Waals surface area contributed by atoms with Crippen molar-refractivity contribution in [3.8, 4) is 0 Å². The van der Waals surface area contributed by atoms with Gasteiger partial charge in [0.05, 0.1) is 5.56 Å². The average Bonchev–Trinajstić information content (AvgIpc) is 3.01. The number of unbranched alkanes of at least 4 members (excludes halogenated alkanes) is 2. The number of allylic oxidation sites excluding steroid dienone is 4. The van der Waals surface area contributed by atoms with Crippen LogP contribution in [-0.4, -0.2) is 17.5 Å². The van der Waals surface area contributed by atoms with E-state index in [1.807, 2.05) is 12.1 Å². The number of ether oxygens (including phenoxy) is 1. The van der Waals surface area contributed by atoms with Crippen molar-refractivity contribution in [3.05, 3.63) is 72.5 Å². The zero-order chi connectivity index (χ0) is 22.8. The van der Waals surface area contributed by atoms with Gasteiger partial charge in [0.2, 0.25) is 5.78 Å². The van der Waals surface area contributed by atoms with Crippen molar-refractivity contribution in [3.63, 3.8) is 0 Å². The van der Waals surface area contributed by atoms with Crippen molar-refractivity contribution in [1.82, 2.24) is 0 Å². The molecule has 0 heterocycles. The summed E-state index contributed by atoms with van der Waals surface area (Å²) in [6, 6.07) is 8.65. The van der Waals surface area contributed by atoms with E-state index in [1.54, 1.807) is 30.3 Å². The average molecular weight is 423 g/mol. The Balaban J connectivity index is 2.24. The van der Waals surface area contributed by atoms with Crippen molar-refractivity contribution >= 4 is 17.5 Å². The SMILES string of the molecule is C=CCCCCC(=O)C[C@H]1C(=O)C(OC(=O)c2ccccc2)=C(CCC=C)[C@@H]1C(C)C. The summed E-state index contributed by atoms with van der Waals surface area (Å²) in [5.41, 5.74) is 1.24. The van der Waals surface area contributed by atoms with Gasteiger partial charge in [-0.3, -0.25) is 9.59 Å². The third-order valence-electron chi connectivity index (χ3n) is 5.79. The topological polar surface area (TPSA) is 60.4 Å². The first-order chi connectivity index (χ1) is 14.9. The summed E-state index contributed by atoms with van der Waals surface area (Å²) in [5.74, 6) is -0.963. The fourth-order valence-electron chi connectivity index (χ4n) is 4.31. The largest absolute Gasteiger partial charge is 0.419 e. The van der Waals surface area contributed by atoms with Gasteiger partial charge in [-0.25, -0.2) is 4.79 Å². The summed E-state index contributed by atoms with van der Waals surface area (Å²) in [5, 5.41) is 0. The van der Waals surface area contributed by atoms with Crippen LogP contribution in [0.1, 0.15) is 69.2 Å². The monoisotopic (exact) mass is 422 g/mol. The molecule has 1 aliphatic carbocycles. The van der Waals surface area contributed by atoms with Gasteiger partial charge in [0, 0.05) is 18.8 Å². The molecule has 0 bridgehead atoms. The minimum absolute atomic E-state index is 0.0896. The molecular weight excluding hydrogens is 388 g/mol. The molecule has 0 amide bonds. The Kier molecular flexibility index (Phi) is 9.64. The molecule has 4 nitrogen and oxygen atoms in total. The highest BCUT2D eigenvalue weighted by Gasteiger charge is 2.45. The van der Waals surface area contributed by atoms with E-state index in [2.05, 4.69) is 27.0 Å². The number of carbonyl (C=O) groups excluding carboxylic acids is 3. The Labute approximate surface area is 186 Å². The Hall–Kier alpha value is -2.75. The Bertz CT molecular complexity index is 832. The van der Waals surface area contributed by atoms with Crippen LogP contribution in [0.5, 0.6) is 0 Å². The smallest absolute Gasteiger partial charge is 0.343 e. The molecule has 1 aliphatic rings. The number of hydrogen-bond acceptors (Lipinski definition) is 4. The van der Waals surface area contributed by atoms with Crippen molar-refractivity contribution < 1.29 is 19.1 Å². The fraction of sp³-hybridized carbons (Fsp3) is 0.444. The third kappa shape index (κ3) is 6.61. The molecule has 0 saturated heterocycles. The highest BCUT2D eigenvalue weighted by Crippen LogP contribution is 2.44. The maximum atomic E-state index is 13.3. The van der Waals surface area contributed by atoms with Crippen molar-refractivity contribution in [2.75, 3.05) is 0 Å². The van der Waals surface area contributed by atoms with Gasteiger partial charge in [-0.15, -0.1) is 13.2 Å². The molecule has 0 saturated carbocycles. The highest BCUT2D eigenvalue weighted by atomic mass is 16.5. The second-order valence-electron chi connectivity index (χ2n) is 8.46. The van der Waals surface area contributed by atoms with Gasteiger partial charge >= 0.3 is 5.97 Å². The molecule has 0 unspecified atom stereocenters. The number of esters is 1. The quantitative estimate of drug-likeness (QED) is 0.214. The lowest BCUT2D eigenvalue weighted by molar-refractivity contribution is -0.127. The van der Waals surface area contributed by atoms with Gasteiger partial charge in [-0.2, -0.15) is 0 Å². The number of Topliss-reactive ketones (excluding diaryl/α,β-unsaturated/α-hetero) is 2. The number of carbonyl (C=O) groups is 3. The van der Waals surface area contributed by atoms with Gasteiger partial charge in [-0.1, -0.05) is 44.2 Å². The number of rotatable bonds is 13. The van der Waals surface area contributed by atoms with Crippen LogP contribution in [0.25, 0.3) is 0 Å². The molecule has 4 heteroatoms.